The zero-order chi connectivity index (χ0) is 12.9. The van der Waals surface area contributed by atoms with Crippen molar-refractivity contribution in [2.45, 2.75) is 39.5 Å². The van der Waals surface area contributed by atoms with Gasteiger partial charge in [-0.1, -0.05) is 13.8 Å². The van der Waals surface area contributed by atoms with Crippen LogP contribution in [0.4, 0.5) is 0 Å². The van der Waals surface area contributed by atoms with Crippen LogP contribution in [-0.4, -0.2) is 51.7 Å². The van der Waals surface area contributed by atoms with Crippen molar-refractivity contribution in [3.8, 4) is 0 Å². The van der Waals surface area contributed by atoms with Gasteiger partial charge in [0, 0.05) is 6.54 Å². The van der Waals surface area contributed by atoms with Gasteiger partial charge in [0.2, 0.25) is 0 Å². The zero-order valence-corrected chi connectivity index (χ0v) is 12.3. The van der Waals surface area contributed by atoms with Gasteiger partial charge >= 0.3 is 0 Å². The van der Waals surface area contributed by atoms with E-state index in [1.165, 1.54) is 25.7 Å². The highest BCUT2D eigenvalue weighted by Crippen LogP contribution is 2.16. The van der Waals surface area contributed by atoms with Crippen molar-refractivity contribution in [1.29, 1.82) is 0 Å². The van der Waals surface area contributed by atoms with Gasteiger partial charge in [0.05, 0.1) is 0 Å². The molecule has 0 atom stereocenters. The maximum Gasteiger partial charge on any atom is 0.00377 e. The molecule has 2 N–H and O–H groups in total. The summed E-state index contributed by atoms with van der Waals surface area (Å²) in [5, 5.41) is 6.79. The molecule has 0 aromatic heterocycles. The van der Waals surface area contributed by atoms with Crippen LogP contribution in [0.3, 0.4) is 0 Å². The van der Waals surface area contributed by atoms with Gasteiger partial charge in [-0.3, -0.25) is 0 Å². The number of rotatable bonds is 12. The van der Waals surface area contributed by atoms with Gasteiger partial charge in [-0.15, -0.1) is 0 Å². The van der Waals surface area contributed by atoms with Crippen LogP contribution >= 0.6 is 0 Å². The summed E-state index contributed by atoms with van der Waals surface area (Å²) in [5.74, 6) is 1.70. The molecule has 0 aliphatic carbocycles. The molecule has 0 aromatic carbocycles. The summed E-state index contributed by atoms with van der Waals surface area (Å²) in [4.78, 5) is 2.29. The molecule has 0 fully saturated rings. The van der Waals surface area contributed by atoms with Crippen LogP contribution in [-0.2, 0) is 0 Å². The predicted octanol–water partition coefficient (Wildman–Crippen LogP) is 1.90. The van der Waals surface area contributed by atoms with E-state index >= 15 is 0 Å². The van der Waals surface area contributed by atoms with E-state index < -0.39 is 0 Å². The van der Waals surface area contributed by atoms with Crippen molar-refractivity contribution in [1.82, 2.24) is 15.5 Å². The first-order valence-electron chi connectivity index (χ1n) is 7.10. The van der Waals surface area contributed by atoms with Crippen molar-refractivity contribution < 1.29 is 0 Å². The lowest BCUT2D eigenvalue weighted by Crippen LogP contribution is -2.23. The number of nitrogens with one attached hydrogen (secondary N) is 2. The summed E-state index contributed by atoms with van der Waals surface area (Å²) >= 11 is 0. The first-order chi connectivity index (χ1) is 8.20. The summed E-state index contributed by atoms with van der Waals surface area (Å²) in [6.07, 6.45) is 5.10. The molecule has 0 bridgehead atoms. The molecular formula is C14H32N3. The van der Waals surface area contributed by atoms with E-state index in [1.54, 1.807) is 5.92 Å². The third kappa shape index (κ3) is 12.1. The van der Waals surface area contributed by atoms with Gasteiger partial charge in [-0.25, -0.2) is 0 Å². The zero-order valence-electron chi connectivity index (χ0n) is 12.3. The fourth-order valence-electron chi connectivity index (χ4n) is 2.01. The molecule has 0 amide bonds. The monoisotopic (exact) mass is 242 g/mol. The van der Waals surface area contributed by atoms with E-state index in [9.17, 15) is 0 Å². The van der Waals surface area contributed by atoms with Crippen LogP contribution in [0.1, 0.15) is 39.5 Å². The normalized spacial score (nSPS) is 11.6. The lowest BCUT2D eigenvalue weighted by atomic mass is 9.97. The molecule has 0 aliphatic heterocycles. The smallest absolute Gasteiger partial charge is 0.00377 e. The summed E-state index contributed by atoms with van der Waals surface area (Å²) in [7, 11) is 4.32. The summed E-state index contributed by atoms with van der Waals surface area (Å²) in [5.41, 5.74) is 0. The van der Waals surface area contributed by atoms with Crippen LogP contribution in [0, 0.1) is 5.92 Å². The van der Waals surface area contributed by atoms with E-state index in [0.717, 1.165) is 32.7 Å². The Labute approximate surface area is 108 Å². The molecule has 3 nitrogen and oxygen atoms in total. The van der Waals surface area contributed by atoms with E-state index in [4.69, 9.17) is 0 Å². The van der Waals surface area contributed by atoms with Gasteiger partial charge in [0.15, 0.2) is 0 Å². The predicted molar refractivity (Wildman–Crippen MR) is 77.4 cm³/mol. The second-order valence-electron chi connectivity index (χ2n) is 4.90. The van der Waals surface area contributed by atoms with Crippen molar-refractivity contribution in [2.75, 3.05) is 46.8 Å². The van der Waals surface area contributed by atoms with Crippen LogP contribution in [0.25, 0.3) is 0 Å². The summed E-state index contributed by atoms with van der Waals surface area (Å²) in [6, 6.07) is 0. The molecule has 0 rings (SSSR count). The Morgan fingerprint density at radius 3 is 1.71 bits per heavy atom. The number of hydrogen-bond donors (Lipinski definition) is 2. The SMILES string of the molecule is CCNCCC[C](CCCNCC)CN(C)C. The molecular weight excluding hydrogens is 210 g/mol. The largest absolute Gasteiger partial charge is 0.317 e. The van der Waals surface area contributed by atoms with Crippen molar-refractivity contribution in [2.24, 2.45) is 0 Å². The van der Waals surface area contributed by atoms with Crippen molar-refractivity contribution in [3.63, 3.8) is 0 Å². The van der Waals surface area contributed by atoms with Gasteiger partial charge in [-0.2, -0.15) is 0 Å². The fraction of sp³-hybridized carbons (Fsp3) is 0.929. The van der Waals surface area contributed by atoms with Crippen LogP contribution in [0.5, 0.6) is 0 Å². The van der Waals surface area contributed by atoms with Gasteiger partial charge in [-0.05, 0) is 71.9 Å². The third-order valence-electron chi connectivity index (χ3n) is 2.81. The van der Waals surface area contributed by atoms with Gasteiger partial charge < -0.3 is 15.5 Å². The molecule has 17 heavy (non-hydrogen) atoms. The molecule has 3 heteroatoms. The first-order valence-corrected chi connectivity index (χ1v) is 7.10. The minimum absolute atomic E-state index is 1.09. The number of hydrogen-bond acceptors (Lipinski definition) is 3. The average Bonchev–Trinajstić information content (AvgIpc) is 2.29. The Hall–Kier alpha value is -0.120. The van der Waals surface area contributed by atoms with Gasteiger partial charge in [0.1, 0.15) is 0 Å². The molecule has 1 radical (unpaired) electrons. The Morgan fingerprint density at radius 2 is 1.35 bits per heavy atom. The lowest BCUT2D eigenvalue weighted by molar-refractivity contribution is 0.394. The Morgan fingerprint density at radius 1 is 0.882 bits per heavy atom. The molecule has 0 saturated heterocycles. The standard InChI is InChI=1S/C14H32N3/c1-5-15-11-7-9-14(13-17(3)4)10-8-12-16-6-2/h15-16H,5-13H2,1-4H3. The lowest BCUT2D eigenvalue weighted by Gasteiger charge is -2.20. The Kier molecular flexibility index (Phi) is 12.3. The molecule has 0 heterocycles. The number of nitrogens with zero attached hydrogens (tertiary/aromatic N) is 1. The molecule has 0 spiro atoms. The van der Waals surface area contributed by atoms with E-state index in [1.807, 2.05) is 0 Å². The molecule has 0 saturated carbocycles. The second kappa shape index (κ2) is 12.3. The molecule has 0 unspecified atom stereocenters. The second-order valence-corrected chi connectivity index (χ2v) is 4.90. The maximum atomic E-state index is 3.39. The van der Waals surface area contributed by atoms with Crippen LogP contribution in [0.15, 0.2) is 0 Å². The minimum Gasteiger partial charge on any atom is -0.317 e. The third-order valence-corrected chi connectivity index (χ3v) is 2.81. The highest BCUT2D eigenvalue weighted by Gasteiger charge is 2.09. The van der Waals surface area contributed by atoms with E-state index in [-0.39, 0.29) is 0 Å². The molecule has 103 valence electrons. The van der Waals surface area contributed by atoms with Crippen molar-refractivity contribution in [3.05, 3.63) is 5.92 Å². The van der Waals surface area contributed by atoms with Gasteiger partial charge in [0.25, 0.3) is 0 Å². The summed E-state index contributed by atoms with van der Waals surface area (Å²) in [6.45, 7) is 9.97. The summed E-state index contributed by atoms with van der Waals surface area (Å²) < 4.78 is 0. The topological polar surface area (TPSA) is 27.3 Å². The van der Waals surface area contributed by atoms with E-state index in [2.05, 4.69) is 43.5 Å². The highest BCUT2D eigenvalue weighted by molar-refractivity contribution is 4.92. The Bertz CT molecular complexity index is 136. The van der Waals surface area contributed by atoms with Crippen molar-refractivity contribution >= 4 is 0 Å². The van der Waals surface area contributed by atoms with E-state index in [0.29, 0.717) is 0 Å². The van der Waals surface area contributed by atoms with Crippen LogP contribution < -0.4 is 10.6 Å². The minimum atomic E-state index is 1.09. The maximum absolute atomic E-state index is 3.39. The fourth-order valence-corrected chi connectivity index (χ4v) is 2.01. The average molecular weight is 242 g/mol. The quantitative estimate of drug-likeness (QED) is 0.512. The highest BCUT2D eigenvalue weighted by atomic mass is 15.1. The van der Waals surface area contributed by atoms with Crippen LogP contribution in [0.2, 0.25) is 0 Å². The Balaban J connectivity index is 3.64. The molecule has 0 aliphatic rings. The molecule has 0 aromatic rings. The first kappa shape index (κ1) is 16.9.